The number of rotatable bonds is 4. The van der Waals surface area contributed by atoms with E-state index in [2.05, 4.69) is 5.32 Å². The highest BCUT2D eigenvalue weighted by atomic mass is 16.7. The maximum absolute atomic E-state index is 12.0. The van der Waals surface area contributed by atoms with Gasteiger partial charge in [0.1, 0.15) is 5.60 Å². The van der Waals surface area contributed by atoms with Gasteiger partial charge in [-0.3, -0.25) is 4.79 Å². The van der Waals surface area contributed by atoms with Crippen molar-refractivity contribution in [3.63, 3.8) is 0 Å². The summed E-state index contributed by atoms with van der Waals surface area (Å²) in [6.07, 6.45) is 0. The summed E-state index contributed by atoms with van der Waals surface area (Å²) in [4.78, 5) is 12.0. The molecule has 2 N–H and O–H groups in total. The molecule has 3 rings (SSSR count). The van der Waals surface area contributed by atoms with Crippen molar-refractivity contribution in [1.29, 1.82) is 0 Å². The quantitative estimate of drug-likeness (QED) is 0.906. The maximum Gasteiger partial charge on any atom is 0.251 e. The van der Waals surface area contributed by atoms with Crippen molar-refractivity contribution in [3.05, 3.63) is 59.7 Å². The summed E-state index contributed by atoms with van der Waals surface area (Å²) >= 11 is 0. The second-order valence-corrected chi connectivity index (χ2v) is 5.39. The zero-order chi connectivity index (χ0) is 15.6. The van der Waals surface area contributed by atoms with Crippen LogP contribution < -0.4 is 14.8 Å². The lowest BCUT2D eigenvalue weighted by Gasteiger charge is -2.24. The molecule has 1 unspecified atom stereocenters. The fraction of sp³-hybridized carbons (Fsp3) is 0.235. The van der Waals surface area contributed by atoms with E-state index in [4.69, 9.17) is 9.47 Å². The molecule has 5 heteroatoms. The average molecular weight is 299 g/mol. The molecule has 0 aliphatic carbocycles. The van der Waals surface area contributed by atoms with E-state index >= 15 is 0 Å². The molecule has 0 radical (unpaired) electrons. The first-order valence-corrected chi connectivity index (χ1v) is 7.02. The summed E-state index contributed by atoms with van der Waals surface area (Å²) < 4.78 is 10.6. The molecule has 5 nitrogen and oxygen atoms in total. The topological polar surface area (TPSA) is 67.8 Å². The van der Waals surface area contributed by atoms with Gasteiger partial charge >= 0.3 is 0 Å². The number of aliphatic hydroxyl groups is 1. The van der Waals surface area contributed by atoms with Gasteiger partial charge in [-0.15, -0.1) is 0 Å². The second kappa shape index (κ2) is 5.69. The third-order valence-corrected chi connectivity index (χ3v) is 3.62. The van der Waals surface area contributed by atoms with Gasteiger partial charge in [-0.25, -0.2) is 0 Å². The molecule has 114 valence electrons. The number of fused-ring (bicyclic) bond motifs is 1. The molecule has 1 heterocycles. The number of amides is 1. The Kier molecular flexibility index (Phi) is 3.73. The number of nitrogens with one attached hydrogen (secondary N) is 1. The van der Waals surface area contributed by atoms with Gasteiger partial charge in [0.05, 0.1) is 6.54 Å². The zero-order valence-electron chi connectivity index (χ0n) is 12.2. The number of benzene rings is 2. The minimum atomic E-state index is -1.20. The van der Waals surface area contributed by atoms with Crippen LogP contribution in [0.2, 0.25) is 0 Å². The van der Waals surface area contributed by atoms with Gasteiger partial charge in [0.25, 0.3) is 5.91 Å². The molecule has 0 fully saturated rings. The monoisotopic (exact) mass is 299 g/mol. The van der Waals surface area contributed by atoms with E-state index in [1.54, 1.807) is 49.4 Å². The van der Waals surface area contributed by atoms with Gasteiger partial charge in [-0.1, -0.05) is 24.3 Å². The average Bonchev–Trinajstić information content (AvgIpc) is 3.01. The summed E-state index contributed by atoms with van der Waals surface area (Å²) in [5.41, 5.74) is 0.0138. The number of hydrogen-bond acceptors (Lipinski definition) is 4. The van der Waals surface area contributed by atoms with E-state index in [0.717, 1.165) is 0 Å². The fourth-order valence-corrected chi connectivity index (χ4v) is 2.28. The minimum absolute atomic E-state index is 0.0976. The van der Waals surface area contributed by atoms with Crippen LogP contribution in [-0.4, -0.2) is 24.4 Å². The third-order valence-electron chi connectivity index (χ3n) is 3.62. The number of carbonyl (C=O) groups is 1. The molecule has 22 heavy (non-hydrogen) atoms. The maximum atomic E-state index is 12.0. The zero-order valence-corrected chi connectivity index (χ0v) is 12.2. The van der Waals surface area contributed by atoms with Gasteiger partial charge in [0, 0.05) is 5.56 Å². The Hall–Kier alpha value is -2.53. The van der Waals surface area contributed by atoms with E-state index in [1.165, 1.54) is 0 Å². The SMILES string of the molecule is CC(O)(CNC(=O)c1ccccc1)c1ccc2c(c1)OCO2. The van der Waals surface area contributed by atoms with Crippen molar-refractivity contribution >= 4 is 5.91 Å². The summed E-state index contributed by atoms with van der Waals surface area (Å²) in [6.45, 7) is 1.93. The van der Waals surface area contributed by atoms with E-state index in [9.17, 15) is 9.90 Å². The van der Waals surface area contributed by atoms with Crippen LogP contribution in [0.15, 0.2) is 48.5 Å². The van der Waals surface area contributed by atoms with Crippen molar-refractivity contribution in [1.82, 2.24) is 5.32 Å². The van der Waals surface area contributed by atoms with E-state index in [-0.39, 0.29) is 19.2 Å². The molecule has 0 bridgehead atoms. The second-order valence-electron chi connectivity index (χ2n) is 5.39. The number of carbonyl (C=O) groups excluding carboxylic acids is 1. The van der Waals surface area contributed by atoms with Crippen LogP contribution in [0.25, 0.3) is 0 Å². The predicted molar refractivity (Wildman–Crippen MR) is 80.9 cm³/mol. The first-order chi connectivity index (χ1) is 10.6. The molecule has 0 aromatic heterocycles. The van der Waals surface area contributed by atoms with E-state index < -0.39 is 5.60 Å². The van der Waals surface area contributed by atoms with Crippen LogP contribution >= 0.6 is 0 Å². The molecule has 1 aliphatic rings. The smallest absolute Gasteiger partial charge is 0.251 e. The van der Waals surface area contributed by atoms with Crippen LogP contribution in [0, 0.1) is 0 Å². The molecule has 0 spiro atoms. The van der Waals surface area contributed by atoms with Gasteiger partial charge in [-0.2, -0.15) is 0 Å². The molecular weight excluding hydrogens is 282 g/mol. The molecule has 0 saturated heterocycles. The van der Waals surface area contributed by atoms with Crippen molar-refractivity contribution in [3.8, 4) is 11.5 Å². The lowest BCUT2D eigenvalue weighted by molar-refractivity contribution is 0.0525. The van der Waals surface area contributed by atoms with Crippen molar-refractivity contribution in [2.75, 3.05) is 13.3 Å². The Bertz CT molecular complexity index is 682. The first kappa shape index (κ1) is 14.4. The molecule has 2 aromatic carbocycles. The molecule has 1 atom stereocenters. The lowest BCUT2D eigenvalue weighted by Crippen LogP contribution is -2.38. The third kappa shape index (κ3) is 2.89. The van der Waals surface area contributed by atoms with Crippen LogP contribution in [0.1, 0.15) is 22.8 Å². The highest BCUT2D eigenvalue weighted by Crippen LogP contribution is 2.35. The molecule has 0 saturated carbocycles. The largest absolute Gasteiger partial charge is 0.454 e. The Morgan fingerprint density at radius 2 is 1.91 bits per heavy atom. The summed E-state index contributed by atoms with van der Waals surface area (Å²) in [6, 6.07) is 14.1. The highest BCUT2D eigenvalue weighted by molar-refractivity contribution is 5.94. The Morgan fingerprint density at radius 3 is 2.68 bits per heavy atom. The van der Waals surface area contributed by atoms with E-state index in [1.807, 2.05) is 6.07 Å². The van der Waals surface area contributed by atoms with Crippen LogP contribution in [0.4, 0.5) is 0 Å². The van der Waals surface area contributed by atoms with Crippen molar-refractivity contribution in [2.45, 2.75) is 12.5 Å². The number of ether oxygens (including phenoxy) is 2. The predicted octanol–water partition coefficient (Wildman–Crippen LogP) is 2.05. The summed E-state index contributed by atoms with van der Waals surface area (Å²) in [5, 5.41) is 13.3. The van der Waals surface area contributed by atoms with Crippen molar-refractivity contribution in [2.24, 2.45) is 0 Å². The number of hydrogen-bond donors (Lipinski definition) is 2. The molecular formula is C17H17NO4. The van der Waals surface area contributed by atoms with E-state index in [0.29, 0.717) is 22.6 Å². The normalized spacial score (nSPS) is 15.2. The summed E-state index contributed by atoms with van der Waals surface area (Å²) in [7, 11) is 0. The summed E-state index contributed by atoms with van der Waals surface area (Å²) in [5.74, 6) is 1.04. The lowest BCUT2D eigenvalue weighted by atomic mass is 9.95. The highest BCUT2D eigenvalue weighted by Gasteiger charge is 2.26. The van der Waals surface area contributed by atoms with Crippen LogP contribution in [-0.2, 0) is 5.60 Å². The van der Waals surface area contributed by atoms with Gasteiger partial charge in [-0.05, 0) is 36.8 Å². The Labute approximate surface area is 128 Å². The molecule has 2 aromatic rings. The molecule has 1 aliphatic heterocycles. The van der Waals surface area contributed by atoms with Crippen molar-refractivity contribution < 1.29 is 19.4 Å². The fourth-order valence-electron chi connectivity index (χ4n) is 2.28. The van der Waals surface area contributed by atoms with Gasteiger partial charge in [0.15, 0.2) is 11.5 Å². The van der Waals surface area contributed by atoms with Gasteiger partial charge in [0.2, 0.25) is 6.79 Å². The molecule has 1 amide bonds. The Balaban J connectivity index is 1.69. The first-order valence-electron chi connectivity index (χ1n) is 7.02. The Morgan fingerprint density at radius 1 is 1.18 bits per heavy atom. The minimum Gasteiger partial charge on any atom is -0.454 e. The standard InChI is InChI=1S/C17H17NO4/c1-17(20,10-18-16(19)12-5-3-2-4-6-12)13-7-8-14-15(9-13)22-11-21-14/h2-9,20H,10-11H2,1H3,(H,18,19). The van der Waals surface area contributed by atoms with Crippen LogP contribution in [0.3, 0.4) is 0 Å². The van der Waals surface area contributed by atoms with Crippen LogP contribution in [0.5, 0.6) is 11.5 Å². The van der Waals surface area contributed by atoms with Gasteiger partial charge < -0.3 is 19.9 Å².